The molecule has 13 heteroatoms. The van der Waals surface area contributed by atoms with E-state index in [4.69, 9.17) is 28.0 Å². The number of carbonyl (C=O) groups excluding carboxylic acids is 1. The van der Waals surface area contributed by atoms with Crippen molar-refractivity contribution in [1.29, 1.82) is 0 Å². The quantitative estimate of drug-likeness (QED) is 0.411. The average molecular weight is 565 g/mol. The number of carboxylic acids is 1. The minimum atomic E-state index is -4.18. The summed E-state index contributed by atoms with van der Waals surface area (Å²) in [7, 11) is -1.31. The van der Waals surface area contributed by atoms with Crippen LogP contribution in [0, 0.1) is 0 Å². The van der Waals surface area contributed by atoms with Gasteiger partial charge in [0.1, 0.15) is 17.6 Å². The van der Waals surface area contributed by atoms with Crippen molar-refractivity contribution in [3.63, 3.8) is 0 Å². The number of fused-ring (bicyclic) bond motifs is 1. The number of rotatable bonds is 8. The van der Waals surface area contributed by atoms with Crippen LogP contribution in [0.4, 0.5) is 5.69 Å². The van der Waals surface area contributed by atoms with Gasteiger partial charge in [-0.1, -0.05) is 23.2 Å². The van der Waals surface area contributed by atoms with E-state index in [1.165, 1.54) is 38.6 Å². The van der Waals surface area contributed by atoms with Crippen LogP contribution in [0.25, 0.3) is 16.7 Å². The van der Waals surface area contributed by atoms with Crippen LogP contribution in [-0.4, -0.2) is 66.0 Å². The molecule has 1 aliphatic rings. The molecule has 4 rings (SSSR count). The molecule has 10 nitrogen and oxygen atoms in total. The molecule has 0 radical (unpaired) electrons. The Bertz CT molecular complexity index is 1550. The van der Waals surface area contributed by atoms with Gasteiger partial charge in [0.25, 0.3) is 5.91 Å². The Hall–Kier alpha value is -3.38. The van der Waals surface area contributed by atoms with E-state index in [0.717, 1.165) is 9.37 Å². The highest BCUT2D eigenvalue weighted by atomic mass is 35.5. The Morgan fingerprint density at radius 3 is 2.65 bits per heavy atom. The largest absolute Gasteiger partial charge is 0.480 e. The van der Waals surface area contributed by atoms with Gasteiger partial charge < -0.3 is 9.67 Å². The first-order valence-electron chi connectivity index (χ1n) is 10.9. The molecular weight excluding hydrogens is 543 g/mol. The fourth-order valence-corrected chi connectivity index (χ4v) is 6.45. The lowest BCUT2D eigenvalue weighted by Gasteiger charge is -2.28. The highest BCUT2D eigenvalue weighted by Gasteiger charge is 2.34. The van der Waals surface area contributed by atoms with Crippen molar-refractivity contribution in [2.24, 2.45) is 0 Å². The van der Waals surface area contributed by atoms with Gasteiger partial charge in [-0.05, 0) is 48.6 Å². The molecule has 0 saturated carbocycles. The number of nitrogens with zero attached hydrogens (tertiary/aromatic N) is 4. The summed E-state index contributed by atoms with van der Waals surface area (Å²) in [6.07, 6.45) is 5.99. The molecule has 1 amide bonds. The van der Waals surface area contributed by atoms with Crippen molar-refractivity contribution >= 4 is 61.7 Å². The Morgan fingerprint density at radius 1 is 1.22 bits per heavy atom. The van der Waals surface area contributed by atoms with Gasteiger partial charge in [-0.25, -0.2) is 18.5 Å². The van der Waals surface area contributed by atoms with Gasteiger partial charge in [-0.3, -0.25) is 18.7 Å². The fraction of sp³-hybridized carbons (Fsp3) is 0.208. The minimum Gasteiger partial charge on any atom is -0.480 e. The fourth-order valence-electron chi connectivity index (χ4n) is 3.92. The SMILES string of the molecule is CON(C)C(=O)c1ccnc(-n2ccc3cc(N(CC(=O)O)S(=O)(=O)C4C=C(Cl)C=C(Cl)C4)ccc32)c1. The van der Waals surface area contributed by atoms with Crippen LogP contribution in [0.5, 0.6) is 0 Å². The Kier molecular flexibility index (Phi) is 7.60. The van der Waals surface area contributed by atoms with E-state index in [1.807, 2.05) is 0 Å². The second-order valence-corrected chi connectivity index (χ2v) is 11.1. The summed E-state index contributed by atoms with van der Waals surface area (Å²) in [6, 6.07) is 9.64. The summed E-state index contributed by atoms with van der Waals surface area (Å²) in [5.41, 5.74) is 1.19. The van der Waals surface area contributed by atoms with Crippen LogP contribution in [0.15, 0.2) is 71.0 Å². The van der Waals surface area contributed by atoms with Crippen molar-refractivity contribution in [2.75, 3.05) is 25.0 Å². The van der Waals surface area contributed by atoms with E-state index >= 15 is 0 Å². The van der Waals surface area contributed by atoms with Gasteiger partial charge in [0.15, 0.2) is 0 Å². The zero-order chi connectivity index (χ0) is 26.9. The number of sulfonamides is 1. The van der Waals surface area contributed by atoms with E-state index in [1.54, 1.807) is 41.1 Å². The van der Waals surface area contributed by atoms with Gasteiger partial charge in [-0.15, -0.1) is 0 Å². The van der Waals surface area contributed by atoms with Crippen LogP contribution in [0.1, 0.15) is 16.8 Å². The van der Waals surface area contributed by atoms with Crippen molar-refractivity contribution in [2.45, 2.75) is 11.7 Å². The molecule has 1 unspecified atom stereocenters. The van der Waals surface area contributed by atoms with Gasteiger partial charge in [-0.2, -0.15) is 0 Å². The second kappa shape index (κ2) is 10.5. The maximum atomic E-state index is 13.5. The molecule has 0 saturated heterocycles. The van der Waals surface area contributed by atoms with Gasteiger partial charge in [0, 0.05) is 46.9 Å². The van der Waals surface area contributed by atoms with Crippen molar-refractivity contribution in [3.8, 4) is 5.82 Å². The Morgan fingerprint density at radius 2 is 1.97 bits per heavy atom. The maximum absolute atomic E-state index is 13.5. The van der Waals surface area contributed by atoms with Crippen LogP contribution in [0.2, 0.25) is 0 Å². The molecule has 0 bridgehead atoms. The van der Waals surface area contributed by atoms with Crippen LogP contribution in [-0.2, 0) is 19.7 Å². The third-order valence-corrected chi connectivity index (χ3v) is 8.29. The second-order valence-electron chi connectivity index (χ2n) is 8.15. The molecule has 0 spiro atoms. The number of hydrogen-bond acceptors (Lipinski definition) is 6. The number of pyridine rings is 1. The van der Waals surface area contributed by atoms with Crippen LogP contribution in [0.3, 0.4) is 0 Å². The number of hydroxylamine groups is 2. The predicted octanol–water partition coefficient (Wildman–Crippen LogP) is 3.90. The van der Waals surface area contributed by atoms with E-state index in [9.17, 15) is 23.1 Å². The van der Waals surface area contributed by atoms with E-state index < -0.39 is 27.8 Å². The molecule has 194 valence electrons. The summed E-state index contributed by atoms with van der Waals surface area (Å²) >= 11 is 12.1. The van der Waals surface area contributed by atoms with Gasteiger partial charge in [0.05, 0.1) is 18.3 Å². The molecule has 2 heterocycles. The number of carboxylic acid groups (broad SMARTS) is 1. The zero-order valence-corrected chi connectivity index (χ0v) is 22.0. The molecule has 3 aromatic rings. The van der Waals surface area contributed by atoms with Gasteiger partial charge in [0.2, 0.25) is 10.0 Å². The number of aliphatic carboxylic acids is 1. The Balaban J connectivity index is 1.73. The smallest absolute Gasteiger partial charge is 0.324 e. The van der Waals surface area contributed by atoms with E-state index in [0.29, 0.717) is 22.3 Å². The third-order valence-electron chi connectivity index (χ3n) is 5.77. The number of aromatic nitrogens is 2. The lowest BCUT2D eigenvalue weighted by molar-refractivity contribution is -0.135. The number of anilines is 1. The molecule has 1 aliphatic carbocycles. The first-order chi connectivity index (χ1) is 17.5. The molecule has 2 aromatic heterocycles. The summed E-state index contributed by atoms with van der Waals surface area (Å²) in [5.74, 6) is -1.22. The van der Waals surface area contributed by atoms with E-state index in [2.05, 4.69) is 4.98 Å². The topological polar surface area (TPSA) is 122 Å². The predicted molar refractivity (Wildman–Crippen MR) is 140 cm³/mol. The zero-order valence-electron chi connectivity index (χ0n) is 19.7. The number of hydrogen-bond donors (Lipinski definition) is 1. The minimum absolute atomic E-state index is 0.0200. The third kappa shape index (κ3) is 5.49. The van der Waals surface area contributed by atoms with Crippen LogP contribution >= 0.6 is 23.2 Å². The Labute approximate surface area is 223 Å². The highest BCUT2D eigenvalue weighted by molar-refractivity contribution is 7.93. The summed E-state index contributed by atoms with van der Waals surface area (Å²) < 4.78 is 29.5. The van der Waals surface area contributed by atoms with Crippen molar-refractivity contribution in [1.82, 2.24) is 14.6 Å². The molecule has 0 aliphatic heterocycles. The summed E-state index contributed by atoms with van der Waals surface area (Å²) in [5, 5.41) is 10.5. The average Bonchev–Trinajstić information content (AvgIpc) is 3.29. The molecule has 1 N–H and O–H groups in total. The van der Waals surface area contributed by atoms with Crippen LogP contribution < -0.4 is 4.31 Å². The van der Waals surface area contributed by atoms with E-state index in [-0.39, 0.29) is 28.1 Å². The first-order valence-corrected chi connectivity index (χ1v) is 13.1. The lowest BCUT2D eigenvalue weighted by atomic mass is 10.2. The summed E-state index contributed by atoms with van der Waals surface area (Å²) in [4.78, 5) is 33.4. The van der Waals surface area contributed by atoms with Crippen molar-refractivity contribution in [3.05, 3.63) is 76.6 Å². The number of halogens is 2. The molecule has 1 atom stereocenters. The first kappa shape index (κ1) is 26.7. The number of allylic oxidation sites excluding steroid dienone is 3. The van der Waals surface area contributed by atoms with Crippen molar-refractivity contribution < 1.29 is 28.0 Å². The van der Waals surface area contributed by atoms with Gasteiger partial charge >= 0.3 is 5.97 Å². The lowest BCUT2D eigenvalue weighted by Crippen LogP contribution is -2.41. The molecular formula is C24H22Cl2N4O6S. The number of benzene rings is 1. The molecule has 1 aromatic carbocycles. The maximum Gasteiger partial charge on any atom is 0.324 e. The summed E-state index contributed by atoms with van der Waals surface area (Å²) in [6.45, 7) is -0.781. The number of carbonyl (C=O) groups is 2. The molecule has 37 heavy (non-hydrogen) atoms. The number of amides is 1. The standard InChI is InChI=1S/C24H22Cl2N4O6S/c1-28(36-2)24(33)16-5-7-27-22(10-16)29-8-6-15-9-19(3-4-21(15)29)30(14-23(31)32)37(34,35)20-12-17(25)11-18(26)13-20/h3-12,20H,13-14H2,1-2H3,(H,31,32). The normalized spacial score (nSPS) is 15.7. The molecule has 0 fully saturated rings. The monoisotopic (exact) mass is 564 g/mol. The highest BCUT2D eigenvalue weighted by Crippen LogP contribution is 2.32.